The van der Waals surface area contributed by atoms with E-state index in [0.29, 0.717) is 11.8 Å². The molecule has 0 radical (unpaired) electrons. The normalized spacial score (nSPS) is 14.6. The zero-order valence-electron chi connectivity index (χ0n) is 22.9. The maximum absolute atomic E-state index is 2.51. The molecule has 5 aromatic rings. The van der Waals surface area contributed by atoms with Crippen LogP contribution in [0.4, 0.5) is 28.4 Å². The van der Waals surface area contributed by atoms with Crippen molar-refractivity contribution < 1.29 is 0 Å². The lowest BCUT2D eigenvalue weighted by Gasteiger charge is -2.38. The summed E-state index contributed by atoms with van der Waals surface area (Å²) in [6.07, 6.45) is 2.31. The van der Waals surface area contributed by atoms with Crippen molar-refractivity contribution in [2.45, 2.75) is 52.4 Å². The third kappa shape index (κ3) is 3.55. The van der Waals surface area contributed by atoms with Crippen molar-refractivity contribution in [1.29, 1.82) is 0 Å². The van der Waals surface area contributed by atoms with E-state index in [0.717, 1.165) is 12.8 Å². The van der Waals surface area contributed by atoms with E-state index in [1.54, 1.807) is 0 Å². The predicted octanol–water partition coefficient (Wildman–Crippen LogP) is 9.91. The summed E-state index contributed by atoms with van der Waals surface area (Å²) in [5, 5.41) is 2.69. The Morgan fingerprint density at radius 1 is 0.595 bits per heavy atom. The highest BCUT2D eigenvalue weighted by atomic mass is 15.3. The summed E-state index contributed by atoms with van der Waals surface area (Å²) in [5.74, 6) is 1.10. The minimum atomic E-state index is 0.546. The topological polar surface area (TPSA) is 11.4 Å². The first-order chi connectivity index (χ1) is 17.9. The molecule has 0 N–H and O–H groups in total. The molecular weight excluding hydrogens is 450 g/mol. The molecule has 2 unspecified atom stereocenters. The standard InChI is InChI=1S/C34H37N3/c1-7-22(3)25-18-27-28-20-33-34(21-32(28)36(6)31(27)19-26(25)23(4)8-2)37(24-14-10-9-11-15-24)30-17-13-12-16-29(30)35(33)5/h9-23H,7-8H2,1-6H3. The highest BCUT2D eigenvalue weighted by Gasteiger charge is 2.29. The van der Waals surface area contributed by atoms with Crippen LogP contribution in [0, 0.1) is 0 Å². The monoisotopic (exact) mass is 487 g/mol. The summed E-state index contributed by atoms with van der Waals surface area (Å²) in [7, 11) is 4.43. The zero-order valence-corrected chi connectivity index (χ0v) is 22.9. The van der Waals surface area contributed by atoms with E-state index in [2.05, 4.69) is 135 Å². The van der Waals surface area contributed by atoms with Gasteiger partial charge in [0, 0.05) is 36.1 Å². The van der Waals surface area contributed by atoms with Crippen molar-refractivity contribution in [3.8, 4) is 0 Å². The van der Waals surface area contributed by atoms with E-state index in [1.807, 2.05) is 0 Å². The Bertz CT molecular complexity index is 1610. The van der Waals surface area contributed by atoms with Crippen LogP contribution in [0.25, 0.3) is 21.8 Å². The van der Waals surface area contributed by atoms with Crippen molar-refractivity contribution in [3.05, 3.63) is 90.0 Å². The molecule has 0 saturated carbocycles. The summed E-state index contributed by atoms with van der Waals surface area (Å²) in [6, 6.07) is 29.3. The fraction of sp³-hybridized carbons (Fsp3) is 0.294. The van der Waals surface area contributed by atoms with Gasteiger partial charge in [0.25, 0.3) is 0 Å². The van der Waals surface area contributed by atoms with Gasteiger partial charge in [-0.3, -0.25) is 0 Å². The molecule has 1 aliphatic rings. The molecule has 2 heterocycles. The second-order valence-corrected chi connectivity index (χ2v) is 10.8. The molecule has 0 amide bonds. The van der Waals surface area contributed by atoms with Gasteiger partial charge in [0.05, 0.1) is 28.3 Å². The first kappa shape index (κ1) is 23.7. The molecule has 0 aliphatic carbocycles. The third-order valence-electron chi connectivity index (χ3n) is 8.69. The van der Waals surface area contributed by atoms with E-state index < -0.39 is 0 Å². The van der Waals surface area contributed by atoms with Crippen LogP contribution in [-0.4, -0.2) is 11.6 Å². The minimum Gasteiger partial charge on any atom is -0.344 e. The van der Waals surface area contributed by atoms with Gasteiger partial charge in [-0.2, -0.15) is 0 Å². The molecule has 0 fully saturated rings. The Labute approximate surface area is 220 Å². The van der Waals surface area contributed by atoms with Crippen LogP contribution in [0.3, 0.4) is 0 Å². The van der Waals surface area contributed by atoms with Gasteiger partial charge in [-0.15, -0.1) is 0 Å². The maximum Gasteiger partial charge on any atom is 0.0720 e. The van der Waals surface area contributed by atoms with Crippen LogP contribution in [-0.2, 0) is 7.05 Å². The van der Waals surface area contributed by atoms with Crippen LogP contribution >= 0.6 is 0 Å². The fourth-order valence-electron chi connectivity index (χ4n) is 6.10. The zero-order chi connectivity index (χ0) is 25.8. The summed E-state index contributed by atoms with van der Waals surface area (Å²) < 4.78 is 2.40. The number of nitrogens with zero attached hydrogens (tertiary/aromatic N) is 3. The number of aryl methyl sites for hydroxylation is 1. The number of anilines is 5. The Morgan fingerprint density at radius 3 is 1.84 bits per heavy atom. The van der Waals surface area contributed by atoms with Gasteiger partial charge in [-0.1, -0.05) is 58.0 Å². The van der Waals surface area contributed by atoms with E-state index in [4.69, 9.17) is 0 Å². The van der Waals surface area contributed by atoms with Crippen molar-refractivity contribution in [1.82, 2.24) is 4.57 Å². The van der Waals surface area contributed by atoms with E-state index in [9.17, 15) is 0 Å². The third-order valence-corrected chi connectivity index (χ3v) is 8.69. The highest BCUT2D eigenvalue weighted by molar-refractivity contribution is 6.13. The molecular formula is C34H37N3. The molecule has 0 bridgehead atoms. The maximum atomic E-state index is 2.51. The average Bonchev–Trinajstić information content (AvgIpc) is 3.21. The first-order valence-corrected chi connectivity index (χ1v) is 13.7. The number of rotatable bonds is 5. The average molecular weight is 488 g/mol. The molecule has 6 rings (SSSR count). The van der Waals surface area contributed by atoms with E-state index in [1.165, 1.54) is 61.4 Å². The lowest BCUT2D eigenvalue weighted by atomic mass is 9.85. The Kier molecular flexibility index (Phi) is 5.75. The van der Waals surface area contributed by atoms with Gasteiger partial charge in [0.1, 0.15) is 0 Å². The van der Waals surface area contributed by atoms with Crippen molar-refractivity contribution in [2.75, 3.05) is 16.8 Å². The fourth-order valence-corrected chi connectivity index (χ4v) is 6.10. The minimum absolute atomic E-state index is 0.546. The molecule has 4 aromatic carbocycles. The van der Waals surface area contributed by atoms with Crippen LogP contribution in [0.1, 0.15) is 63.5 Å². The number of para-hydroxylation sites is 3. The molecule has 1 aromatic heterocycles. The number of hydrogen-bond acceptors (Lipinski definition) is 2. The first-order valence-electron chi connectivity index (χ1n) is 13.7. The molecule has 2 atom stereocenters. The quantitative estimate of drug-likeness (QED) is 0.244. The second kappa shape index (κ2) is 8.99. The molecule has 0 spiro atoms. The Hall–Kier alpha value is -3.72. The van der Waals surface area contributed by atoms with Crippen LogP contribution < -0.4 is 9.80 Å². The van der Waals surface area contributed by atoms with Gasteiger partial charge in [-0.25, -0.2) is 0 Å². The molecule has 0 saturated heterocycles. The summed E-state index contributed by atoms with van der Waals surface area (Å²) in [6.45, 7) is 9.36. The number of hydrogen-bond donors (Lipinski definition) is 0. The lowest BCUT2D eigenvalue weighted by Crippen LogP contribution is -2.24. The molecule has 188 valence electrons. The number of aromatic nitrogens is 1. The largest absolute Gasteiger partial charge is 0.344 e. The van der Waals surface area contributed by atoms with Crippen LogP contribution in [0.2, 0.25) is 0 Å². The van der Waals surface area contributed by atoms with Gasteiger partial charge in [0.2, 0.25) is 0 Å². The molecule has 1 aliphatic heterocycles. The van der Waals surface area contributed by atoms with Crippen LogP contribution in [0.5, 0.6) is 0 Å². The summed E-state index contributed by atoms with van der Waals surface area (Å²) in [4.78, 5) is 4.77. The van der Waals surface area contributed by atoms with Gasteiger partial charge < -0.3 is 14.4 Å². The van der Waals surface area contributed by atoms with E-state index in [-0.39, 0.29) is 0 Å². The smallest absolute Gasteiger partial charge is 0.0720 e. The van der Waals surface area contributed by atoms with Crippen molar-refractivity contribution in [3.63, 3.8) is 0 Å². The van der Waals surface area contributed by atoms with E-state index >= 15 is 0 Å². The van der Waals surface area contributed by atoms with Crippen LogP contribution in [0.15, 0.2) is 78.9 Å². The predicted molar refractivity (Wildman–Crippen MR) is 161 cm³/mol. The molecule has 3 heteroatoms. The van der Waals surface area contributed by atoms with Gasteiger partial charge >= 0.3 is 0 Å². The highest BCUT2D eigenvalue weighted by Crippen LogP contribution is 2.52. The molecule has 37 heavy (non-hydrogen) atoms. The lowest BCUT2D eigenvalue weighted by molar-refractivity contribution is 0.678. The molecule has 3 nitrogen and oxygen atoms in total. The summed E-state index contributed by atoms with van der Waals surface area (Å²) >= 11 is 0. The second-order valence-electron chi connectivity index (χ2n) is 10.8. The van der Waals surface area contributed by atoms with Gasteiger partial charge in [-0.05, 0) is 84.3 Å². The number of benzene rings is 4. The Morgan fingerprint density at radius 2 is 1.16 bits per heavy atom. The Balaban J connectivity index is 1.67. The SMILES string of the molecule is CCC(C)c1cc2c3cc4c(cc3n(C)c2cc1C(C)CC)N(c1ccccc1)c1ccccc1N4C. The summed E-state index contributed by atoms with van der Waals surface area (Å²) in [5.41, 5.74) is 11.7. The van der Waals surface area contributed by atoms with Gasteiger partial charge in [0.15, 0.2) is 0 Å². The number of fused-ring (bicyclic) bond motifs is 5. The van der Waals surface area contributed by atoms with Crippen molar-refractivity contribution >= 4 is 50.2 Å². The van der Waals surface area contributed by atoms with Crippen molar-refractivity contribution in [2.24, 2.45) is 7.05 Å².